The van der Waals surface area contributed by atoms with E-state index in [0.717, 1.165) is 11.8 Å². The predicted molar refractivity (Wildman–Crippen MR) is 67.3 cm³/mol. The molecule has 0 heterocycles. The zero-order chi connectivity index (χ0) is 11.0. The number of hydrogen-bond donors (Lipinski definition) is 1. The lowest BCUT2D eigenvalue weighted by Gasteiger charge is -2.32. The largest absolute Gasteiger partial charge is 0.325 e. The third kappa shape index (κ3) is 1.89. The highest BCUT2D eigenvalue weighted by Gasteiger charge is 2.46. The standard InChI is InChI=1S/C15H21N/c16-15(10-11-15)14-8-6-13(7-9-14)12-4-2-1-3-5-12/h1-5,13-14H,6-11,16H2. The summed E-state index contributed by atoms with van der Waals surface area (Å²) < 4.78 is 0. The van der Waals surface area contributed by atoms with Crippen molar-refractivity contribution in [3.05, 3.63) is 35.9 Å². The predicted octanol–water partition coefficient (Wildman–Crippen LogP) is 3.45. The van der Waals surface area contributed by atoms with Gasteiger partial charge in [0.2, 0.25) is 0 Å². The Labute approximate surface area is 98.0 Å². The second-order valence-electron chi connectivity index (χ2n) is 5.69. The van der Waals surface area contributed by atoms with Gasteiger partial charge in [0, 0.05) is 5.54 Å². The van der Waals surface area contributed by atoms with Gasteiger partial charge in [-0.2, -0.15) is 0 Å². The van der Waals surface area contributed by atoms with Crippen molar-refractivity contribution >= 4 is 0 Å². The number of nitrogens with two attached hydrogens (primary N) is 1. The van der Waals surface area contributed by atoms with E-state index in [1.54, 1.807) is 0 Å². The van der Waals surface area contributed by atoms with Crippen molar-refractivity contribution in [1.82, 2.24) is 0 Å². The minimum atomic E-state index is 0.252. The van der Waals surface area contributed by atoms with Gasteiger partial charge in [-0.3, -0.25) is 0 Å². The summed E-state index contributed by atoms with van der Waals surface area (Å²) in [6.07, 6.45) is 7.91. The van der Waals surface area contributed by atoms with Gasteiger partial charge >= 0.3 is 0 Å². The first kappa shape index (κ1) is 10.3. The molecule has 3 rings (SSSR count). The van der Waals surface area contributed by atoms with Crippen molar-refractivity contribution in [3.8, 4) is 0 Å². The molecule has 0 bridgehead atoms. The summed E-state index contributed by atoms with van der Waals surface area (Å²) >= 11 is 0. The summed E-state index contributed by atoms with van der Waals surface area (Å²) in [7, 11) is 0. The van der Waals surface area contributed by atoms with Crippen molar-refractivity contribution in [2.24, 2.45) is 11.7 Å². The molecular formula is C15H21N. The molecular weight excluding hydrogens is 194 g/mol. The lowest BCUT2D eigenvalue weighted by molar-refractivity contribution is 0.270. The average molecular weight is 215 g/mol. The highest BCUT2D eigenvalue weighted by Crippen LogP contribution is 2.48. The molecule has 1 nitrogen and oxygen atoms in total. The Morgan fingerprint density at radius 2 is 1.56 bits per heavy atom. The first-order chi connectivity index (χ1) is 7.78. The second-order valence-corrected chi connectivity index (χ2v) is 5.69. The van der Waals surface area contributed by atoms with Crippen LogP contribution in [0.2, 0.25) is 0 Å². The van der Waals surface area contributed by atoms with Gasteiger partial charge in [0.1, 0.15) is 0 Å². The van der Waals surface area contributed by atoms with Gasteiger partial charge in [-0.05, 0) is 55.9 Å². The van der Waals surface area contributed by atoms with Crippen LogP contribution in [-0.4, -0.2) is 5.54 Å². The van der Waals surface area contributed by atoms with Gasteiger partial charge < -0.3 is 5.73 Å². The van der Waals surface area contributed by atoms with Gasteiger partial charge in [0.15, 0.2) is 0 Å². The van der Waals surface area contributed by atoms with Crippen LogP contribution < -0.4 is 5.73 Å². The monoisotopic (exact) mass is 215 g/mol. The highest BCUT2D eigenvalue weighted by molar-refractivity contribution is 5.20. The zero-order valence-electron chi connectivity index (χ0n) is 9.86. The van der Waals surface area contributed by atoms with Crippen molar-refractivity contribution < 1.29 is 0 Å². The number of hydrogen-bond acceptors (Lipinski definition) is 1. The molecule has 16 heavy (non-hydrogen) atoms. The van der Waals surface area contributed by atoms with E-state index in [4.69, 9.17) is 5.73 Å². The van der Waals surface area contributed by atoms with E-state index in [1.165, 1.54) is 44.1 Å². The topological polar surface area (TPSA) is 26.0 Å². The number of rotatable bonds is 2. The lowest BCUT2D eigenvalue weighted by atomic mass is 9.75. The van der Waals surface area contributed by atoms with Gasteiger partial charge in [-0.15, -0.1) is 0 Å². The quantitative estimate of drug-likeness (QED) is 0.803. The molecule has 2 saturated carbocycles. The van der Waals surface area contributed by atoms with E-state index in [9.17, 15) is 0 Å². The molecule has 2 aliphatic carbocycles. The van der Waals surface area contributed by atoms with E-state index < -0.39 is 0 Å². The normalized spacial score (nSPS) is 32.3. The Bertz CT molecular complexity index is 345. The molecule has 0 amide bonds. The smallest absolute Gasteiger partial charge is 0.0184 e. The summed E-state index contributed by atoms with van der Waals surface area (Å²) in [6.45, 7) is 0. The van der Waals surface area contributed by atoms with Crippen molar-refractivity contribution in [2.45, 2.75) is 50.0 Å². The minimum Gasteiger partial charge on any atom is -0.325 e. The Kier molecular flexibility index (Phi) is 2.51. The molecule has 0 atom stereocenters. The maximum Gasteiger partial charge on any atom is 0.0184 e. The SMILES string of the molecule is NC1(C2CCC(c3ccccc3)CC2)CC1. The first-order valence-electron chi connectivity index (χ1n) is 6.62. The van der Waals surface area contributed by atoms with Crippen LogP contribution in [0.3, 0.4) is 0 Å². The third-order valence-electron chi connectivity index (χ3n) is 4.64. The van der Waals surface area contributed by atoms with Crippen LogP contribution in [0.4, 0.5) is 0 Å². The maximum absolute atomic E-state index is 6.31. The molecule has 0 spiro atoms. The number of benzene rings is 1. The Morgan fingerprint density at radius 3 is 2.12 bits per heavy atom. The average Bonchev–Trinajstić information content (AvgIpc) is 3.10. The van der Waals surface area contributed by atoms with Crippen molar-refractivity contribution in [1.29, 1.82) is 0 Å². The summed E-state index contributed by atoms with van der Waals surface area (Å²) in [5, 5.41) is 0. The minimum absolute atomic E-state index is 0.252. The molecule has 2 aliphatic rings. The summed E-state index contributed by atoms with van der Waals surface area (Å²) in [4.78, 5) is 0. The molecule has 0 radical (unpaired) electrons. The fourth-order valence-electron chi connectivity index (χ4n) is 3.28. The molecule has 2 fully saturated rings. The van der Waals surface area contributed by atoms with Crippen molar-refractivity contribution in [2.75, 3.05) is 0 Å². The molecule has 86 valence electrons. The van der Waals surface area contributed by atoms with Crippen LogP contribution in [-0.2, 0) is 0 Å². The highest BCUT2D eigenvalue weighted by atomic mass is 14.8. The lowest BCUT2D eigenvalue weighted by Crippen LogP contribution is -2.34. The maximum atomic E-state index is 6.31. The van der Waals surface area contributed by atoms with Gasteiger partial charge in [0.25, 0.3) is 0 Å². The van der Waals surface area contributed by atoms with Crippen LogP contribution in [0, 0.1) is 5.92 Å². The summed E-state index contributed by atoms with van der Waals surface area (Å²) in [5.74, 6) is 1.60. The van der Waals surface area contributed by atoms with E-state index in [2.05, 4.69) is 30.3 Å². The summed E-state index contributed by atoms with van der Waals surface area (Å²) in [6, 6.07) is 11.0. The third-order valence-corrected chi connectivity index (χ3v) is 4.64. The van der Waals surface area contributed by atoms with Crippen LogP contribution >= 0.6 is 0 Å². The summed E-state index contributed by atoms with van der Waals surface area (Å²) in [5.41, 5.74) is 8.09. The van der Waals surface area contributed by atoms with E-state index >= 15 is 0 Å². The van der Waals surface area contributed by atoms with Crippen LogP contribution in [0.1, 0.15) is 50.0 Å². The fraction of sp³-hybridized carbons (Fsp3) is 0.600. The molecule has 1 aromatic carbocycles. The molecule has 0 saturated heterocycles. The van der Waals surface area contributed by atoms with E-state index in [0.29, 0.717) is 0 Å². The molecule has 0 unspecified atom stereocenters. The van der Waals surface area contributed by atoms with Crippen molar-refractivity contribution in [3.63, 3.8) is 0 Å². The van der Waals surface area contributed by atoms with Crippen LogP contribution in [0.25, 0.3) is 0 Å². The Balaban J connectivity index is 1.62. The molecule has 2 N–H and O–H groups in total. The van der Waals surface area contributed by atoms with Crippen LogP contribution in [0.15, 0.2) is 30.3 Å². The molecule has 0 aliphatic heterocycles. The Morgan fingerprint density at radius 1 is 0.938 bits per heavy atom. The van der Waals surface area contributed by atoms with Gasteiger partial charge in [-0.25, -0.2) is 0 Å². The van der Waals surface area contributed by atoms with E-state index in [1.807, 2.05) is 0 Å². The molecule has 1 heteroatoms. The van der Waals surface area contributed by atoms with Crippen LogP contribution in [0.5, 0.6) is 0 Å². The van der Waals surface area contributed by atoms with E-state index in [-0.39, 0.29) is 5.54 Å². The Hall–Kier alpha value is -0.820. The molecule has 1 aromatic rings. The molecule has 0 aromatic heterocycles. The fourth-order valence-corrected chi connectivity index (χ4v) is 3.28. The zero-order valence-corrected chi connectivity index (χ0v) is 9.86. The first-order valence-corrected chi connectivity index (χ1v) is 6.62. The second kappa shape index (κ2) is 3.89. The van der Waals surface area contributed by atoms with Gasteiger partial charge in [0.05, 0.1) is 0 Å². The van der Waals surface area contributed by atoms with Gasteiger partial charge in [-0.1, -0.05) is 30.3 Å².